The predicted molar refractivity (Wildman–Crippen MR) is 99.4 cm³/mol. The fourth-order valence-electron chi connectivity index (χ4n) is 2.63. The molecule has 140 valence electrons. The lowest BCUT2D eigenvalue weighted by atomic mass is 10.0. The largest absolute Gasteiger partial charge is 0.497 e. The topological polar surface area (TPSA) is 84.7 Å². The molecule has 0 aromatic heterocycles. The minimum Gasteiger partial charge on any atom is -0.497 e. The van der Waals surface area contributed by atoms with E-state index in [-0.39, 0.29) is 30.3 Å². The minimum atomic E-state index is -0.598. The molecule has 0 heterocycles. The van der Waals surface area contributed by atoms with Crippen molar-refractivity contribution in [1.29, 1.82) is 0 Å². The summed E-state index contributed by atoms with van der Waals surface area (Å²) in [7, 11) is 1.63. The van der Waals surface area contributed by atoms with Crippen molar-refractivity contribution in [2.24, 2.45) is 11.7 Å². The molecule has 6 nitrogen and oxygen atoms in total. The van der Waals surface area contributed by atoms with E-state index in [2.05, 4.69) is 5.32 Å². The smallest absolute Gasteiger partial charge is 0.242 e. The van der Waals surface area contributed by atoms with E-state index >= 15 is 0 Å². The molecular formula is C19H31N3O3. The van der Waals surface area contributed by atoms with Crippen LogP contribution in [0.3, 0.4) is 0 Å². The lowest BCUT2D eigenvalue weighted by Gasteiger charge is -2.28. The Hall–Kier alpha value is -2.08. The molecule has 0 saturated carbocycles. The molecule has 1 aromatic carbocycles. The number of hydrogen-bond donors (Lipinski definition) is 2. The van der Waals surface area contributed by atoms with Gasteiger partial charge < -0.3 is 20.7 Å². The van der Waals surface area contributed by atoms with Crippen molar-refractivity contribution in [2.75, 3.05) is 20.2 Å². The van der Waals surface area contributed by atoms with E-state index in [9.17, 15) is 9.59 Å². The Balaban J connectivity index is 2.60. The molecule has 2 atom stereocenters. The SMILES string of the molecule is CCN(C(=O)CNC(=O)[C@@H](N)C(C)C)C(C)Cc1ccc(OC)cc1. The fraction of sp³-hybridized carbons (Fsp3) is 0.579. The summed E-state index contributed by atoms with van der Waals surface area (Å²) in [5, 5.41) is 2.64. The van der Waals surface area contributed by atoms with Crippen LogP contribution in [-0.2, 0) is 16.0 Å². The number of carbonyl (C=O) groups is 2. The van der Waals surface area contributed by atoms with Gasteiger partial charge in [0.15, 0.2) is 0 Å². The number of nitrogens with two attached hydrogens (primary N) is 1. The Kier molecular flexibility index (Phi) is 8.41. The third-order valence-electron chi connectivity index (χ3n) is 4.32. The van der Waals surface area contributed by atoms with E-state index in [0.717, 1.165) is 17.7 Å². The van der Waals surface area contributed by atoms with Crippen LogP contribution in [0.15, 0.2) is 24.3 Å². The normalized spacial score (nSPS) is 13.2. The van der Waals surface area contributed by atoms with Crippen molar-refractivity contribution in [1.82, 2.24) is 10.2 Å². The molecule has 25 heavy (non-hydrogen) atoms. The highest BCUT2D eigenvalue weighted by Crippen LogP contribution is 2.14. The quantitative estimate of drug-likeness (QED) is 0.709. The maximum Gasteiger partial charge on any atom is 0.242 e. The first kappa shape index (κ1) is 21.0. The minimum absolute atomic E-state index is 0.0277. The molecule has 6 heteroatoms. The van der Waals surface area contributed by atoms with Gasteiger partial charge in [-0.2, -0.15) is 0 Å². The molecule has 1 aromatic rings. The number of carbonyl (C=O) groups excluding carboxylic acids is 2. The van der Waals surface area contributed by atoms with Crippen LogP contribution in [0.2, 0.25) is 0 Å². The molecule has 1 unspecified atom stereocenters. The van der Waals surface area contributed by atoms with E-state index < -0.39 is 6.04 Å². The van der Waals surface area contributed by atoms with Crippen molar-refractivity contribution in [3.8, 4) is 5.75 Å². The summed E-state index contributed by atoms with van der Waals surface area (Å²) < 4.78 is 5.16. The molecule has 0 saturated heterocycles. The Morgan fingerprint density at radius 2 is 1.80 bits per heavy atom. The zero-order valence-corrected chi connectivity index (χ0v) is 15.9. The second-order valence-electron chi connectivity index (χ2n) is 6.57. The van der Waals surface area contributed by atoms with Crippen molar-refractivity contribution < 1.29 is 14.3 Å². The Morgan fingerprint density at radius 1 is 1.20 bits per heavy atom. The zero-order chi connectivity index (χ0) is 19.0. The molecule has 1 rings (SSSR count). The van der Waals surface area contributed by atoms with Crippen molar-refractivity contribution in [3.63, 3.8) is 0 Å². The van der Waals surface area contributed by atoms with Crippen LogP contribution < -0.4 is 15.8 Å². The molecule has 0 aliphatic heterocycles. The Morgan fingerprint density at radius 3 is 2.28 bits per heavy atom. The van der Waals surface area contributed by atoms with Gasteiger partial charge in [-0.1, -0.05) is 26.0 Å². The van der Waals surface area contributed by atoms with Gasteiger partial charge in [-0.25, -0.2) is 0 Å². The number of hydrogen-bond acceptors (Lipinski definition) is 4. The number of ether oxygens (including phenoxy) is 1. The van der Waals surface area contributed by atoms with Crippen LogP contribution in [0.1, 0.15) is 33.3 Å². The summed E-state index contributed by atoms with van der Waals surface area (Å²) in [5.74, 6) is 0.449. The molecule has 3 N–H and O–H groups in total. The molecule has 2 amide bonds. The van der Waals surface area contributed by atoms with Gasteiger partial charge >= 0.3 is 0 Å². The molecule has 0 aliphatic carbocycles. The van der Waals surface area contributed by atoms with Gasteiger partial charge in [0.2, 0.25) is 11.8 Å². The molecule has 0 fully saturated rings. The average Bonchev–Trinajstić information content (AvgIpc) is 2.60. The summed E-state index contributed by atoms with van der Waals surface area (Å²) in [5.41, 5.74) is 6.92. The summed E-state index contributed by atoms with van der Waals surface area (Å²) in [6.07, 6.45) is 0.739. The van der Waals surface area contributed by atoms with E-state index in [1.165, 1.54) is 0 Å². The average molecular weight is 349 g/mol. The van der Waals surface area contributed by atoms with Gasteiger partial charge in [-0.15, -0.1) is 0 Å². The predicted octanol–water partition coefficient (Wildman–Crippen LogP) is 1.57. The number of benzene rings is 1. The van der Waals surface area contributed by atoms with Crippen LogP contribution in [0.5, 0.6) is 5.75 Å². The number of methoxy groups -OCH3 is 1. The summed E-state index contributed by atoms with van der Waals surface area (Å²) in [4.78, 5) is 26.1. The summed E-state index contributed by atoms with van der Waals surface area (Å²) in [6.45, 7) is 8.25. The highest BCUT2D eigenvalue weighted by atomic mass is 16.5. The molecule has 0 radical (unpaired) electrons. The van der Waals surface area contributed by atoms with Gasteiger partial charge in [0, 0.05) is 12.6 Å². The zero-order valence-electron chi connectivity index (χ0n) is 15.9. The van der Waals surface area contributed by atoms with Gasteiger partial charge in [0.1, 0.15) is 5.75 Å². The second-order valence-corrected chi connectivity index (χ2v) is 6.57. The monoisotopic (exact) mass is 349 g/mol. The summed E-state index contributed by atoms with van der Waals surface area (Å²) >= 11 is 0. The Bertz CT molecular complexity index is 558. The lowest BCUT2D eigenvalue weighted by molar-refractivity contribution is -0.134. The van der Waals surface area contributed by atoms with Crippen LogP contribution in [0.25, 0.3) is 0 Å². The Labute approximate surface area is 150 Å². The third-order valence-corrected chi connectivity index (χ3v) is 4.32. The highest BCUT2D eigenvalue weighted by molar-refractivity contribution is 5.87. The summed E-state index contributed by atoms with van der Waals surface area (Å²) in [6, 6.07) is 7.25. The van der Waals surface area contributed by atoms with Gasteiger partial charge in [0.05, 0.1) is 19.7 Å². The second kappa shape index (κ2) is 10.0. The van der Waals surface area contributed by atoms with Gasteiger partial charge in [0.25, 0.3) is 0 Å². The van der Waals surface area contributed by atoms with Crippen LogP contribution in [-0.4, -0.2) is 49.0 Å². The van der Waals surface area contributed by atoms with Crippen molar-refractivity contribution in [3.05, 3.63) is 29.8 Å². The fourth-order valence-corrected chi connectivity index (χ4v) is 2.63. The first-order valence-electron chi connectivity index (χ1n) is 8.75. The number of rotatable bonds is 9. The third kappa shape index (κ3) is 6.38. The van der Waals surface area contributed by atoms with E-state index in [0.29, 0.717) is 6.54 Å². The number of nitrogens with one attached hydrogen (secondary N) is 1. The standard InChI is InChI=1S/C19H31N3O3/c1-6-22(17(23)12-21-19(24)18(20)13(2)3)14(4)11-15-7-9-16(25-5)10-8-15/h7-10,13-14,18H,6,11-12,20H2,1-5H3,(H,21,24)/t14?,18-/m0/s1. The van der Waals surface area contributed by atoms with Crippen molar-refractivity contribution >= 4 is 11.8 Å². The molecule has 0 bridgehead atoms. The van der Waals surface area contributed by atoms with Crippen molar-refractivity contribution in [2.45, 2.75) is 46.2 Å². The number of amides is 2. The van der Waals surface area contributed by atoms with E-state index in [4.69, 9.17) is 10.5 Å². The molecule has 0 aliphatic rings. The first-order valence-corrected chi connectivity index (χ1v) is 8.75. The van der Waals surface area contributed by atoms with Crippen LogP contribution in [0.4, 0.5) is 0 Å². The van der Waals surface area contributed by atoms with Crippen LogP contribution >= 0.6 is 0 Å². The van der Waals surface area contributed by atoms with E-state index in [1.54, 1.807) is 12.0 Å². The maximum absolute atomic E-state index is 12.5. The van der Waals surface area contributed by atoms with Gasteiger partial charge in [-0.05, 0) is 43.9 Å². The number of likely N-dealkylation sites (N-methyl/N-ethyl adjacent to an activating group) is 1. The highest BCUT2D eigenvalue weighted by Gasteiger charge is 2.22. The first-order chi connectivity index (χ1) is 11.8. The number of nitrogens with zero attached hydrogens (tertiary/aromatic N) is 1. The van der Waals surface area contributed by atoms with Gasteiger partial charge in [-0.3, -0.25) is 9.59 Å². The maximum atomic E-state index is 12.5. The molecule has 0 spiro atoms. The molecular weight excluding hydrogens is 318 g/mol. The van der Waals surface area contributed by atoms with Crippen LogP contribution in [0, 0.1) is 5.92 Å². The van der Waals surface area contributed by atoms with E-state index in [1.807, 2.05) is 52.0 Å². The lowest BCUT2D eigenvalue weighted by Crippen LogP contribution is -2.49.